The Labute approximate surface area is 132 Å². The minimum atomic E-state index is -0.774. The third kappa shape index (κ3) is 3.67. The van der Waals surface area contributed by atoms with Crippen LogP contribution in [0.25, 0.3) is 0 Å². The highest BCUT2D eigenvalue weighted by Gasteiger charge is 2.39. The van der Waals surface area contributed by atoms with Crippen molar-refractivity contribution in [3.8, 4) is 0 Å². The van der Waals surface area contributed by atoms with Crippen LogP contribution in [-0.4, -0.2) is 17.4 Å². The third-order valence-electron chi connectivity index (χ3n) is 4.51. The average molecular weight is 302 g/mol. The molecule has 0 aromatic heterocycles. The summed E-state index contributed by atoms with van der Waals surface area (Å²) in [5.74, 6) is 0.333. The Kier molecular flexibility index (Phi) is 5.22. The van der Waals surface area contributed by atoms with Crippen molar-refractivity contribution in [3.63, 3.8) is 0 Å². The van der Waals surface area contributed by atoms with Gasteiger partial charge in [-0.3, -0.25) is 9.59 Å². The summed E-state index contributed by atoms with van der Waals surface area (Å²) in [7, 11) is 0. The molecular formula is C18H26N2O2. The van der Waals surface area contributed by atoms with Crippen molar-refractivity contribution in [2.75, 3.05) is 5.32 Å². The summed E-state index contributed by atoms with van der Waals surface area (Å²) in [6.45, 7) is 6.23. The fraction of sp³-hybridized carbons (Fsp3) is 0.556. The molecule has 1 aromatic rings. The molecule has 120 valence electrons. The molecular weight excluding hydrogens is 276 g/mol. The van der Waals surface area contributed by atoms with E-state index >= 15 is 0 Å². The van der Waals surface area contributed by atoms with Crippen molar-refractivity contribution in [2.24, 2.45) is 0 Å². The van der Waals surface area contributed by atoms with Crippen LogP contribution in [0.5, 0.6) is 0 Å². The molecule has 1 fully saturated rings. The number of hydrogen-bond donors (Lipinski definition) is 2. The normalized spacial score (nSPS) is 22.1. The summed E-state index contributed by atoms with van der Waals surface area (Å²) in [5.41, 5.74) is 1.25. The van der Waals surface area contributed by atoms with E-state index in [0.717, 1.165) is 18.5 Å². The molecule has 0 spiro atoms. The van der Waals surface area contributed by atoms with Crippen molar-refractivity contribution in [3.05, 3.63) is 29.8 Å². The third-order valence-corrected chi connectivity index (χ3v) is 4.51. The van der Waals surface area contributed by atoms with E-state index in [0.29, 0.717) is 25.2 Å². The Hall–Kier alpha value is -1.84. The maximum Gasteiger partial charge on any atom is 0.250 e. The second kappa shape index (κ2) is 6.95. The van der Waals surface area contributed by atoms with E-state index in [9.17, 15) is 9.59 Å². The predicted molar refractivity (Wildman–Crippen MR) is 88.8 cm³/mol. The molecule has 2 rings (SSSR count). The molecule has 1 saturated heterocycles. The Morgan fingerprint density at radius 1 is 1.27 bits per heavy atom. The zero-order valence-corrected chi connectivity index (χ0v) is 13.7. The molecule has 1 unspecified atom stereocenters. The molecule has 0 radical (unpaired) electrons. The van der Waals surface area contributed by atoms with E-state index in [1.807, 2.05) is 31.2 Å². The van der Waals surface area contributed by atoms with Crippen LogP contribution in [-0.2, 0) is 9.59 Å². The first-order chi connectivity index (χ1) is 10.5. The van der Waals surface area contributed by atoms with Crippen LogP contribution < -0.4 is 10.6 Å². The van der Waals surface area contributed by atoms with Gasteiger partial charge >= 0.3 is 0 Å². The minimum absolute atomic E-state index is 0.0235. The molecule has 1 heterocycles. The number of nitrogens with one attached hydrogen (secondary N) is 2. The number of amides is 2. The van der Waals surface area contributed by atoms with Gasteiger partial charge in [-0.15, -0.1) is 0 Å². The van der Waals surface area contributed by atoms with Crippen LogP contribution in [0.4, 0.5) is 5.69 Å². The molecule has 2 amide bonds. The van der Waals surface area contributed by atoms with Crippen molar-refractivity contribution in [1.29, 1.82) is 0 Å². The smallest absolute Gasteiger partial charge is 0.250 e. The number of carbonyl (C=O) groups excluding carboxylic acids is 2. The fourth-order valence-electron chi connectivity index (χ4n) is 2.90. The molecule has 22 heavy (non-hydrogen) atoms. The van der Waals surface area contributed by atoms with Crippen molar-refractivity contribution in [1.82, 2.24) is 5.32 Å². The van der Waals surface area contributed by atoms with Gasteiger partial charge in [0.25, 0.3) is 0 Å². The standard InChI is InChI=1S/C18H26N2O2/c1-4-18(12-6-5-7-16(21)20-18)17(22)19-15-10-8-14(9-11-15)13(2)3/h8-11,13H,4-7,12H2,1-3H3,(H,19,22)(H,20,21). The lowest BCUT2D eigenvalue weighted by Gasteiger charge is -2.31. The van der Waals surface area contributed by atoms with E-state index in [1.54, 1.807) is 0 Å². The molecule has 0 saturated carbocycles. The predicted octanol–water partition coefficient (Wildman–Crippen LogP) is 3.59. The lowest BCUT2D eigenvalue weighted by Crippen LogP contribution is -2.55. The Morgan fingerprint density at radius 3 is 2.55 bits per heavy atom. The summed E-state index contributed by atoms with van der Waals surface area (Å²) in [6.07, 6.45) is 3.56. The molecule has 0 aliphatic carbocycles. The van der Waals surface area contributed by atoms with Gasteiger partial charge < -0.3 is 10.6 Å². The van der Waals surface area contributed by atoms with Crippen LogP contribution in [0.1, 0.15) is 64.4 Å². The van der Waals surface area contributed by atoms with Crippen LogP contribution >= 0.6 is 0 Å². The second-order valence-electron chi connectivity index (χ2n) is 6.42. The molecule has 0 bridgehead atoms. The summed E-state index contributed by atoms with van der Waals surface area (Å²) < 4.78 is 0. The van der Waals surface area contributed by atoms with E-state index < -0.39 is 5.54 Å². The number of anilines is 1. The largest absolute Gasteiger partial charge is 0.342 e. The van der Waals surface area contributed by atoms with Gasteiger partial charge in [-0.25, -0.2) is 0 Å². The summed E-state index contributed by atoms with van der Waals surface area (Å²) in [4.78, 5) is 24.6. The Balaban J connectivity index is 2.13. The van der Waals surface area contributed by atoms with Gasteiger partial charge in [-0.05, 0) is 42.9 Å². The quantitative estimate of drug-likeness (QED) is 0.893. The highest BCUT2D eigenvalue weighted by atomic mass is 16.2. The molecule has 1 atom stereocenters. The van der Waals surface area contributed by atoms with Gasteiger partial charge in [0.15, 0.2) is 0 Å². The van der Waals surface area contributed by atoms with Gasteiger partial charge in [-0.1, -0.05) is 39.3 Å². The molecule has 2 N–H and O–H groups in total. The average Bonchev–Trinajstić information content (AvgIpc) is 2.70. The summed E-state index contributed by atoms with van der Waals surface area (Å²) in [5, 5.41) is 5.90. The SMILES string of the molecule is CCC1(C(=O)Nc2ccc(C(C)C)cc2)CCCCC(=O)N1. The number of carbonyl (C=O) groups is 2. The Morgan fingerprint density at radius 2 is 1.95 bits per heavy atom. The van der Waals surface area contributed by atoms with Crippen molar-refractivity contribution < 1.29 is 9.59 Å². The monoisotopic (exact) mass is 302 g/mol. The minimum Gasteiger partial charge on any atom is -0.342 e. The van der Waals surface area contributed by atoms with Gasteiger partial charge in [0.05, 0.1) is 0 Å². The maximum atomic E-state index is 12.7. The number of benzene rings is 1. The van der Waals surface area contributed by atoms with Crippen molar-refractivity contribution in [2.45, 2.75) is 64.3 Å². The van der Waals surface area contributed by atoms with E-state index in [1.165, 1.54) is 5.56 Å². The maximum absolute atomic E-state index is 12.7. The first-order valence-electron chi connectivity index (χ1n) is 8.19. The first-order valence-corrected chi connectivity index (χ1v) is 8.19. The van der Waals surface area contributed by atoms with Crippen LogP contribution in [0, 0.1) is 0 Å². The number of rotatable bonds is 4. The van der Waals surface area contributed by atoms with E-state index in [-0.39, 0.29) is 11.8 Å². The van der Waals surface area contributed by atoms with Gasteiger partial charge in [0.1, 0.15) is 5.54 Å². The summed E-state index contributed by atoms with van der Waals surface area (Å²) in [6, 6.07) is 7.92. The highest BCUT2D eigenvalue weighted by molar-refractivity contribution is 6.00. The lowest BCUT2D eigenvalue weighted by molar-refractivity contribution is -0.130. The van der Waals surface area contributed by atoms with Gasteiger partial charge in [-0.2, -0.15) is 0 Å². The zero-order chi connectivity index (χ0) is 16.2. The van der Waals surface area contributed by atoms with Crippen LogP contribution in [0.2, 0.25) is 0 Å². The van der Waals surface area contributed by atoms with E-state index in [4.69, 9.17) is 0 Å². The Bertz CT molecular complexity index is 537. The molecule has 4 heteroatoms. The van der Waals surface area contributed by atoms with Crippen LogP contribution in [0.15, 0.2) is 24.3 Å². The first kappa shape index (κ1) is 16.5. The van der Waals surface area contributed by atoms with Crippen molar-refractivity contribution >= 4 is 17.5 Å². The topological polar surface area (TPSA) is 58.2 Å². The zero-order valence-electron chi connectivity index (χ0n) is 13.7. The molecule has 4 nitrogen and oxygen atoms in total. The fourth-order valence-corrected chi connectivity index (χ4v) is 2.90. The second-order valence-corrected chi connectivity index (χ2v) is 6.42. The molecule has 1 aliphatic rings. The highest BCUT2D eigenvalue weighted by Crippen LogP contribution is 2.25. The van der Waals surface area contributed by atoms with Gasteiger partial charge in [0.2, 0.25) is 11.8 Å². The summed E-state index contributed by atoms with van der Waals surface area (Å²) >= 11 is 0. The number of hydrogen-bond acceptors (Lipinski definition) is 2. The molecule has 1 aliphatic heterocycles. The van der Waals surface area contributed by atoms with E-state index in [2.05, 4.69) is 24.5 Å². The van der Waals surface area contributed by atoms with Crippen LogP contribution in [0.3, 0.4) is 0 Å². The van der Waals surface area contributed by atoms with Gasteiger partial charge in [0, 0.05) is 12.1 Å². The molecule has 1 aromatic carbocycles. The lowest BCUT2D eigenvalue weighted by atomic mass is 9.89.